The number of ketones is 1. The minimum Gasteiger partial charge on any atom is -0.481 e. The molecule has 0 saturated carbocycles. The molecule has 2 atom stereocenters. The molecule has 0 aliphatic carbocycles. The van der Waals surface area contributed by atoms with Crippen LogP contribution in [0, 0.1) is 0 Å². The molecular weight excluding hydrogens is 370 g/mol. The lowest BCUT2D eigenvalue weighted by Gasteiger charge is -2.22. The second-order valence-corrected chi connectivity index (χ2v) is 6.39. The molecule has 0 spiro atoms. The van der Waals surface area contributed by atoms with Crippen LogP contribution in [0.3, 0.4) is 0 Å². The van der Waals surface area contributed by atoms with Gasteiger partial charge >= 0.3 is 5.97 Å². The fourth-order valence-electron chi connectivity index (χ4n) is 2.33. The van der Waals surface area contributed by atoms with Crippen LogP contribution in [0.1, 0.15) is 39.5 Å². The van der Waals surface area contributed by atoms with Gasteiger partial charge in [-0.2, -0.15) is 0 Å². The van der Waals surface area contributed by atoms with Gasteiger partial charge in [0.2, 0.25) is 17.7 Å². The van der Waals surface area contributed by atoms with Crippen molar-refractivity contribution in [2.75, 3.05) is 26.2 Å². The number of hydrogen-bond donors (Lipinski definition) is 5. The molecule has 0 rings (SSSR count). The van der Waals surface area contributed by atoms with E-state index < -0.39 is 24.0 Å². The van der Waals surface area contributed by atoms with Gasteiger partial charge in [0.05, 0.1) is 12.1 Å². The number of Topliss-reactive ketones (excluding diaryl/α,β-unsaturated/α-hetero) is 1. The number of carbonyl (C=O) groups excluding carboxylic acids is 4. The Morgan fingerprint density at radius 2 is 1.68 bits per heavy atom. The van der Waals surface area contributed by atoms with Crippen LogP contribution in [0.2, 0.25) is 0 Å². The highest BCUT2D eigenvalue weighted by Crippen LogP contribution is 1.98. The molecule has 0 bridgehead atoms. The standard InChI is InChI=1S/C17H31N5O6/c1-11(23)14(5-7-18)21-15(25)6-9-22(12(2)24)10-8-20-17(28)13(19)3-4-16(26)27/h13-14H,3-10,18-19H2,1-2H3,(H,20,28)(H,21,25)(H,26,27)/t13-,14+/m1/s1. The number of aliphatic carboxylic acids is 1. The Labute approximate surface area is 164 Å². The van der Waals surface area contributed by atoms with E-state index in [1.54, 1.807) is 0 Å². The zero-order valence-corrected chi connectivity index (χ0v) is 16.4. The number of hydrogen-bond acceptors (Lipinski definition) is 7. The molecular formula is C17H31N5O6. The largest absolute Gasteiger partial charge is 0.481 e. The Bertz CT molecular complexity index is 568. The van der Waals surface area contributed by atoms with Crippen molar-refractivity contribution in [3.8, 4) is 0 Å². The molecule has 7 N–H and O–H groups in total. The van der Waals surface area contributed by atoms with E-state index in [2.05, 4.69) is 10.6 Å². The van der Waals surface area contributed by atoms with E-state index in [0.29, 0.717) is 6.42 Å². The fraction of sp³-hybridized carbons (Fsp3) is 0.706. The van der Waals surface area contributed by atoms with Gasteiger partial charge in [-0.15, -0.1) is 0 Å². The van der Waals surface area contributed by atoms with Crippen molar-refractivity contribution in [2.24, 2.45) is 11.5 Å². The van der Waals surface area contributed by atoms with E-state index in [1.165, 1.54) is 18.7 Å². The summed E-state index contributed by atoms with van der Waals surface area (Å²) in [5, 5.41) is 13.7. The van der Waals surface area contributed by atoms with E-state index in [4.69, 9.17) is 16.6 Å². The molecule has 11 heteroatoms. The van der Waals surface area contributed by atoms with Gasteiger partial charge in [-0.25, -0.2) is 0 Å². The number of carboxylic acid groups (broad SMARTS) is 1. The summed E-state index contributed by atoms with van der Waals surface area (Å²) in [5.41, 5.74) is 11.0. The summed E-state index contributed by atoms with van der Waals surface area (Å²) in [7, 11) is 0. The Balaban J connectivity index is 4.37. The lowest BCUT2D eigenvalue weighted by molar-refractivity contribution is -0.137. The molecule has 0 aliphatic rings. The first-order valence-corrected chi connectivity index (χ1v) is 9.09. The topological polar surface area (TPSA) is 185 Å². The lowest BCUT2D eigenvalue weighted by atomic mass is 10.1. The van der Waals surface area contributed by atoms with E-state index in [9.17, 15) is 24.0 Å². The van der Waals surface area contributed by atoms with Gasteiger partial charge in [-0.05, 0) is 26.3 Å². The number of nitrogens with zero attached hydrogens (tertiary/aromatic N) is 1. The summed E-state index contributed by atoms with van der Waals surface area (Å²) in [4.78, 5) is 58.8. The zero-order valence-electron chi connectivity index (χ0n) is 16.4. The summed E-state index contributed by atoms with van der Waals surface area (Å²) >= 11 is 0. The van der Waals surface area contributed by atoms with Crippen molar-refractivity contribution in [3.63, 3.8) is 0 Å². The smallest absolute Gasteiger partial charge is 0.303 e. The van der Waals surface area contributed by atoms with Crippen LogP contribution in [0.25, 0.3) is 0 Å². The molecule has 0 aliphatic heterocycles. The molecule has 160 valence electrons. The second-order valence-electron chi connectivity index (χ2n) is 6.39. The van der Waals surface area contributed by atoms with Crippen LogP contribution in [0.5, 0.6) is 0 Å². The van der Waals surface area contributed by atoms with E-state index in [-0.39, 0.29) is 63.0 Å². The summed E-state index contributed by atoms with van der Waals surface area (Å²) in [5.74, 6) is -2.39. The van der Waals surface area contributed by atoms with Crippen LogP contribution in [-0.2, 0) is 24.0 Å². The highest BCUT2D eigenvalue weighted by Gasteiger charge is 2.18. The highest BCUT2D eigenvalue weighted by molar-refractivity contribution is 5.87. The number of carbonyl (C=O) groups is 5. The molecule has 3 amide bonds. The monoisotopic (exact) mass is 401 g/mol. The molecule has 0 unspecified atom stereocenters. The first-order chi connectivity index (χ1) is 13.1. The number of amides is 3. The molecule has 0 aromatic heterocycles. The zero-order chi connectivity index (χ0) is 21.7. The summed E-state index contributed by atoms with van der Waals surface area (Å²) in [6.07, 6.45) is 0.137. The lowest BCUT2D eigenvalue weighted by Crippen LogP contribution is -2.45. The van der Waals surface area contributed by atoms with Crippen LogP contribution in [0.15, 0.2) is 0 Å². The normalized spacial score (nSPS) is 12.6. The third kappa shape index (κ3) is 11.2. The van der Waals surface area contributed by atoms with Gasteiger partial charge in [0, 0.05) is 39.4 Å². The van der Waals surface area contributed by atoms with Gasteiger partial charge in [0.25, 0.3) is 0 Å². The van der Waals surface area contributed by atoms with Gasteiger partial charge in [0.1, 0.15) is 0 Å². The van der Waals surface area contributed by atoms with E-state index >= 15 is 0 Å². The number of nitrogens with two attached hydrogens (primary N) is 2. The highest BCUT2D eigenvalue weighted by atomic mass is 16.4. The van der Waals surface area contributed by atoms with Gasteiger partial charge in [-0.1, -0.05) is 0 Å². The van der Waals surface area contributed by atoms with Crippen molar-refractivity contribution in [2.45, 2.75) is 51.6 Å². The summed E-state index contributed by atoms with van der Waals surface area (Å²) in [6.45, 7) is 3.37. The average Bonchev–Trinajstić information content (AvgIpc) is 2.61. The van der Waals surface area contributed by atoms with Crippen molar-refractivity contribution >= 4 is 29.5 Å². The van der Waals surface area contributed by atoms with Gasteiger partial charge < -0.3 is 32.1 Å². The number of nitrogens with one attached hydrogen (secondary N) is 2. The first-order valence-electron chi connectivity index (χ1n) is 9.09. The van der Waals surface area contributed by atoms with Crippen LogP contribution >= 0.6 is 0 Å². The molecule has 0 radical (unpaired) electrons. The number of carboxylic acids is 1. The fourth-order valence-corrected chi connectivity index (χ4v) is 2.33. The molecule has 11 nitrogen and oxygen atoms in total. The minimum atomic E-state index is -1.04. The van der Waals surface area contributed by atoms with Crippen LogP contribution in [0.4, 0.5) is 0 Å². The van der Waals surface area contributed by atoms with Crippen molar-refractivity contribution in [1.82, 2.24) is 15.5 Å². The predicted octanol–water partition coefficient (Wildman–Crippen LogP) is -2.04. The van der Waals surface area contributed by atoms with Gasteiger partial charge in [-0.3, -0.25) is 24.0 Å². The molecule has 0 heterocycles. The first kappa shape index (κ1) is 25.5. The van der Waals surface area contributed by atoms with E-state index in [1.807, 2.05) is 0 Å². The molecule has 28 heavy (non-hydrogen) atoms. The quantitative estimate of drug-likeness (QED) is 0.220. The summed E-state index contributed by atoms with van der Waals surface area (Å²) in [6, 6.07) is -1.59. The Morgan fingerprint density at radius 3 is 2.18 bits per heavy atom. The summed E-state index contributed by atoms with van der Waals surface area (Å²) < 4.78 is 0. The maximum atomic E-state index is 12.0. The van der Waals surface area contributed by atoms with Crippen molar-refractivity contribution in [1.29, 1.82) is 0 Å². The van der Waals surface area contributed by atoms with Crippen LogP contribution < -0.4 is 22.1 Å². The molecule has 0 aromatic rings. The average molecular weight is 401 g/mol. The van der Waals surface area contributed by atoms with Gasteiger partial charge in [0.15, 0.2) is 5.78 Å². The minimum absolute atomic E-state index is 0.00000329. The Hall–Kier alpha value is -2.53. The molecule has 0 saturated heterocycles. The van der Waals surface area contributed by atoms with Crippen LogP contribution in [-0.4, -0.2) is 77.7 Å². The molecule has 0 aromatic carbocycles. The van der Waals surface area contributed by atoms with Crippen molar-refractivity contribution < 1.29 is 29.1 Å². The SMILES string of the molecule is CC(=O)[C@H](CCN)NC(=O)CCN(CCNC(=O)[C@H](N)CCC(=O)O)C(C)=O. The maximum Gasteiger partial charge on any atom is 0.303 e. The van der Waals surface area contributed by atoms with Crippen molar-refractivity contribution in [3.05, 3.63) is 0 Å². The second kappa shape index (κ2) is 13.6. The third-order valence-corrected chi connectivity index (χ3v) is 4.02. The number of rotatable bonds is 14. The third-order valence-electron chi connectivity index (χ3n) is 4.02. The predicted molar refractivity (Wildman–Crippen MR) is 101 cm³/mol. The van der Waals surface area contributed by atoms with E-state index in [0.717, 1.165) is 0 Å². The Kier molecular flexibility index (Phi) is 12.4. The maximum absolute atomic E-state index is 12.0. The molecule has 0 fully saturated rings. The Morgan fingerprint density at radius 1 is 1.04 bits per heavy atom.